The van der Waals surface area contributed by atoms with Crippen molar-refractivity contribution in [1.29, 1.82) is 0 Å². The second-order valence-electron chi connectivity index (χ2n) is 4.45. The summed E-state index contributed by atoms with van der Waals surface area (Å²) in [6, 6.07) is 9.18. The van der Waals surface area contributed by atoms with Crippen LogP contribution in [0.1, 0.15) is 16.1 Å². The SMILES string of the molecule is Cc1nc(NC(=O)C(N)Cc2ccccc2)sc1C. The fourth-order valence-electron chi connectivity index (χ4n) is 1.69. The molecule has 0 spiro atoms. The lowest BCUT2D eigenvalue weighted by atomic mass is 10.1. The normalized spacial score (nSPS) is 12.2. The largest absolute Gasteiger partial charge is 0.320 e. The Labute approximate surface area is 116 Å². The molecule has 3 N–H and O–H groups in total. The van der Waals surface area contributed by atoms with Crippen LogP contribution in [0.15, 0.2) is 30.3 Å². The van der Waals surface area contributed by atoms with Crippen LogP contribution in [0, 0.1) is 13.8 Å². The van der Waals surface area contributed by atoms with E-state index in [9.17, 15) is 4.79 Å². The predicted octanol–water partition coefficient (Wildman–Crippen LogP) is 2.27. The number of anilines is 1. The molecule has 0 aliphatic rings. The van der Waals surface area contributed by atoms with Crippen molar-refractivity contribution < 1.29 is 4.79 Å². The van der Waals surface area contributed by atoms with Gasteiger partial charge in [-0.1, -0.05) is 30.3 Å². The summed E-state index contributed by atoms with van der Waals surface area (Å²) < 4.78 is 0. The van der Waals surface area contributed by atoms with Crippen molar-refractivity contribution in [3.63, 3.8) is 0 Å². The lowest BCUT2D eigenvalue weighted by Gasteiger charge is -2.10. The Morgan fingerprint density at radius 3 is 2.63 bits per heavy atom. The monoisotopic (exact) mass is 275 g/mol. The van der Waals surface area contributed by atoms with Crippen molar-refractivity contribution in [3.05, 3.63) is 46.5 Å². The quantitative estimate of drug-likeness (QED) is 0.899. The molecule has 1 atom stereocenters. The van der Waals surface area contributed by atoms with Gasteiger partial charge in [0.25, 0.3) is 0 Å². The first-order chi connectivity index (χ1) is 9.06. The molecule has 4 nitrogen and oxygen atoms in total. The molecule has 0 saturated heterocycles. The number of carbonyl (C=O) groups excluding carboxylic acids is 1. The lowest BCUT2D eigenvalue weighted by Crippen LogP contribution is -2.37. The van der Waals surface area contributed by atoms with E-state index in [1.165, 1.54) is 11.3 Å². The number of hydrogen-bond acceptors (Lipinski definition) is 4. The molecular weight excluding hydrogens is 258 g/mol. The van der Waals surface area contributed by atoms with Crippen LogP contribution in [0.3, 0.4) is 0 Å². The number of nitrogens with one attached hydrogen (secondary N) is 1. The van der Waals surface area contributed by atoms with E-state index in [4.69, 9.17) is 5.73 Å². The minimum atomic E-state index is -0.563. The van der Waals surface area contributed by atoms with Gasteiger partial charge in [-0.05, 0) is 25.8 Å². The van der Waals surface area contributed by atoms with Gasteiger partial charge >= 0.3 is 0 Å². The molecule has 0 radical (unpaired) electrons. The summed E-state index contributed by atoms with van der Waals surface area (Å²) in [5.74, 6) is -0.197. The Morgan fingerprint density at radius 1 is 1.37 bits per heavy atom. The van der Waals surface area contributed by atoms with Crippen LogP contribution < -0.4 is 11.1 Å². The first kappa shape index (κ1) is 13.7. The molecular formula is C14H17N3OS. The summed E-state index contributed by atoms with van der Waals surface area (Å²) in [5.41, 5.74) is 7.90. The van der Waals surface area contributed by atoms with Crippen LogP contribution in [0.5, 0.6) is 0 Å². The number of nitrogens with two attached hydrogens (primary N) is 1. The van der Waals surface area contributed by atoms with E-state index in [1.807, 2.05) is 44.2 Å². The first-order valence-electron chi connectivity index (χ1n) is 6.10. The van der Waals surface area contributed by atoms with E-state index >= 15 is 0 Å². The fraction of sp³-hybridized carbons (Fsp3) is 0.286. The highest BCUT2D eigenvalue weighted by Crippen LogP contribution is 2.21. The van der Waals surface area contributed by atoms with Crippen molar-refractivity contribution in [3.8, 4) is 0 Å². The third kappa shape index (κ3) is 3.62. The van der Waals surface area contributed by atoms with E-state index in [0.29, 0.717) is 11.6 Å². The second-order valence-corrected chi connectivity index (χ2v) is 5.65. The maximum Gasteiger partial charge on any atom is 0.243 e. The summed E-state index contributed by atoms with van der Waals surface area (Å²) in [6.07, 6.45) is 0.524. The number of nitrogens with zero attached hydrogens (tertiary/aromatic N) is 1. The maximum absolute atomic E-state index is 12.0. The molecule has 5 heteroatoms. The molecule has 0 fully saturated rings. The molecule has 1 heterocycles. The molecule has 100 valence electrons. The Balaban J connectivity index is 1.96. The summed E-state index contributed by atoms with van der Waals surface area (Å²) >= 11 is 1.47. The smallest absolute Gasteiger partial charge is 0.243 e. The zero-order valence-electron chi connectivity index (χ0n) is 11.0. The van der Waals surface area contributed by atoms with Gasteiger partial charge in [0.2, 0.25) is 5.91 Å². The fourth-order valence-corrected chi connectivity index (χ4v) is 2.50. The van der Waals surface area contributed by atoms with Gasteiger partial charge in [-0.3, -0.25) is 4.79 Å². The Hall–Kier alpha value is -1.72. The third-order valence-electron chi connectivity index (χ3n) is 2.89. The molecule has 0 aliphatic heterocycles. The highest BCUT2D eigenvalue weighted by atomic mass is 32.1. The zero-order valence-corrected chi connectivity index (χ0v) is 11.8. The lowest BCUT2D eigenvalue weighted by molar-refractivity contribution is -0.117. The minimum absolute atomic E-state index is 0.197. The Bertz CT molecular complexity index is 546. The molecule has 1 aromatic heterocycles. The van der Waals surface area contributed by atoms with Gasteiger partial charge in [-0.2, -0.15) is 0 Å². The van der Waals surface area contributed by atoms with Gasteiger partial charge in [-0.25, -0.2) is 4.98 Å². The zero-order chi connectivity index (χ0) is 13.8. The third-order valence-corrected chi connectivity index (χ3v) is 3.88. The molecule has 1 aromatic carbocycles. The number of carbonyl (C=O) groups is 1. The number of aromatic nitrogens is 1. The van der Waals surface area contributed by atoms with Crippen molar-refractivity contribution in [1.82, 2.24) is 4.98 Å². The highest BCUT2D eigenvalue weighted by molar-refractivity contribution is 7.15. The molecule has 0 saturated carbocycles. The molecule has 1 unspecified atom stereocenters. The first-order valence-corrected chi connectivity index (χ1v) is 6.92. The topological polar surface area (TPSA) is 68.0 Å². The van der Waals surface area contributed by atoms with Crippen LogP contribution in [0.25, 0.3) is 0 Å². The molecule has 0 aliphatic carbocycles. The average molecular weight is 275 g/mol. The summed E-state index contributed by atoms with van der Waals surface area (Å²) in [7, 11) is 0. The number of aryl methyl sites for hydroxylation is 2. The summed E-state index contributed by atoms with van der Waals surface area (Å²) in [6.45, 7) is 3.90. The number of thiazole rings is 1. The van der Waals surface area contributed by atoms with E-state index in [1.54, 1.807) is 0 Å². The van der Waals surface area contributed by atoms with Crippen LogP contribution in [-0.2, 0) is 11.2 Å². The van der Waals surface area contributed by atoms with Crippen molar-refractivity contribution >= 4 is 22.4 Å². The molecule has 2 aromatic rings. The summed E-state index contributed by atoms with van der Waals surface area (Å²) in [4.78, 5) is 17.3. The van der Waals surface area contributed by atoms with E-state index < -0.39 is 6.04 Å². The van der Waals surface area contributed by atoms with Gasteiger partial charge in [0.15, 0.2) is 5.13 Å². The van der Waals surface area contributed by atoms with Gasteiger partial charge < -0.3 is 11.1 Å². The van der Waals surface area contributed by atoms with Gasteiger partial charge in [0.1, 0.15) is 0 Å². The van der Waals surface area contributed by atoms with Gasteiger partial charge in [-0.15, -0.1) is 11.3 Å². The average Bonchev–Trinajstić information content (AvgIpc) is 2.69. The van der Waals surface area contributed by atoms with Gasteiger partial charge in [0.05, 0.1) is 11.7 Å². The van der Waals surface area contributed by atoms with Crippen molar-refractivity contribution in [2.45, 2.75) is 26.3 Å². The summed E-state index contributed by atoms with van der Waals surface area (Å²) in [5, 5.41) is 3.38. The van der Waals surface area contributed by atoms with Crippen LogP contribution in [0.2, 0.25) is 0 Å². The Kier molecular flexibility index (Phi) is 4.29. The number of rotatable bonds is 4. The number of hydrogen-bond donors (Lipinski definition) is 2. The highest BCUT2D eigenvalue weighted by Gasteiger charge is 2.16. The molecule has 0 bridgehead atoms. The second kappa shape index (κ2) is 5.95. The van der Waals surface area contributed by atoms with Crippen molar-refractivity contribution in [2.75, 3.05) is 5.32 Å². The van der Waals surface area contributed by atoms with Crippen LogP contribution in [-0.4, -0.2) is 16.9 Å². The number of benzene rings is 1. The van der Waals surface area contributed by atoms with E-state index in [-0.39, 0.29) is 5.91 Å². The Morgan fingerprint density at radius 2 is 2.05 bits per heavy atom. The van der Waals surface area contributed by atoms with Crippen LogP contribution >= 0.6 is 11.3 Å². The van der Waals surface area contributed by atoms with Crippen LogP contribution in [0.4, 0.5) is 5.13 Å². The predicted molar refractivity (Wildman–Crippen MR) is 78.3 cm³/mol. The van der Waals surface area contributed by atoms with E-state index in [0.717, 1.165) is 16.1 Å². The number of amides is 1. The van der Waals surface area contributed by atoms with Gasteiger partial charge in [0, 0.05) is 4.88 Å². The molecule has 19 heavy (non-hydrogen) atoms. The van der Waals surface area contributed by atoms with Crippen molar-refractivity contribution in [2.24, 2.45) is 5.73 Å². The van der Waals surface area contributed by atoms with E-state index in [2.05, 4.69) is 10.3 Å². The molecule has 1 amide bonds. The minimum Gasteiger partial charge on any atom is -0.320 e. The standard InChI is InChI=1S/C14H17N3OS/c1-9-10(2)19-14(16-9)17-13(18)12(15)8-11-6-4-3-5-7-11/h3-7,12H,8,15H2,1-2H3,(H,16,17,18). The molecule has 2 rings (SSSR count). The maximum atomic E-state index is 12.0.